The molecule has 6 nitrogen and oxygen atoms in total. The Hall–Kier alpha value is -1.95. The third-order valence-electron chi connectivity index (χ3n) is 2.54. The van der Waals surface area contributed by atoms with Crippen molar-refractivity contribution in [3.63, 3.8) is 0 Å². The topological polar surface area (TPSA) is 93.4 Å². The summed E-state index contributed by atoms with van der Waals surface area (Å²) in [5.41, 5.74) is 6.72. The van der Waals surface area contributed by atoms with Crippen LogP contribution in [0.3, 0.4) is 0 Å². The molecule has 4 N–H and O–H groups in total. The number of hydrogen-bond donors (Lipinski definition) is 3. The van der Waals surface area contributed by atoms with Crippen molar-refractivity contribution < 1.29 is 14.3 Å². The molecule has 0 saturated heterocycles. The van der Waals surface area contributed by atoms with Crippen LogP contribution < -0.4 is 16.4 Å². The molecule has 0 spiro atoms. The number of nitrogen functional groups attached to an aromatic ring is 1. The number of nitrogens with one attached hydrogen (secondary N) is 2. The minimum Gasteiger partial charge on any atom is -0.462 e. The van der Waals surface area contributed by atoms with Crippen molar-refractivity contribution in [2.45, 2.75) is 13.3 Å². The summed E-state index contributed by atoms with van der Waals surface area (Å²) in [5, 5.41) is 5.78. The van der Waals surface area contributed by atoms with Crippen molar-refractivity contribution in [2.24, 2.45) is 0 Å². The van der Waals surface area contributed by atoms with Crippen LogP contribution in [-0.2, 0) is 9.53 Å². The Kier molecular flexibility index (Phi) is 6.11. The van der Waals surface area contributed by atoms with Gasteiger partial charge in [-0.05, 0) is 19.1 Å². The van der Waals surface area contributed by atoms with E-state index < -0.39 is 5.97 Å². The smallest absolute Gasteiger partial charge is 0.340 e. The van der Waals surface area contributed by atoms with Crippen molar-refractivity contribution >= 4 is 34.9 Å². The number of rotatable bonds is 6. The van der Waals surface area contributed by atoms with E-state index in [1.807, 2.05) is 0 Å². The molecule has 0 radical (unpaired) electrons. The average molecular weight is 300 g/mol. The number of ether oxygens (including phenoxy) is 1. The molecule has 20 heavy (non-hydrogen) atoms. The number of halogens is 1. The highest BCUT2D eigenvalue weighted by Gasteiger charge is 2.16. The second-order valence-electron chi connectivity index (χ2n) is 4.00. The molecule has 1 aromatic rings. The number of anilines is 2. The van der Waals surface area contributed by atoms with Crippen LogP contribution in [0, 0.1) is 0 Å². The lowest BCUT2D eigenvalue weighted by Gasteiger charge is -2.13. The number of hydrogen-bond acceptors (Lipinski definition) is 5. The summed E-state index contributed by atoms with van der Waals surface area (Å²) in [4.78, 5) is 23.0. The van der Waals surface area contributed by atoms with Crippen molar-refractivity contribution in [3.05, 3.63) is 22.7 Å². The van der Waals surface area contributed by atoms with Crippen molar-refractivity contribution in [1.29, 1.82) is 0 Å². The molecule has 0 bridgehead atoms. The fourth-order valence-electron chi connectivity index (χ4n) is 1.60. The predicted molar refractivity (Wildman–Crippen MR) is 79.0 cm³/mol. The molecule has 0 atom stereocenters. The van der Waals surface area contributed by atoms with Crippen LogP contribution in [0.15, 0.2) is 12.1 Å². The van der Waals surface area contributed by atoms with Gasteiger partial charge in [-0.2, -0.15) is 0 Å². The Morgan fingerprint density at radius 2 is 2.10 bits per heavy atom. The zero-order valence-corrected chi connectivity index (χ0v) is 12.2. The first-order valence-corrected chi connectivity index (χ1v) is 6.58. The molecule has 0 unspecified atom stereocenters. The average Bonchev–Trinajstić information content (AvgIpc) is 2.40. The van der Waals surface area contributed by atoms with E-state index in [9.17, 15) is 9.59 Å². The van der Waals surface area contributed by atoms with Gasteiger partial charge in [-0.3, -0.25) is 4.79 Å². The first-order valence-electron chi connectivity index (χ1n) is 6.20. The zero-order valence-electron chi connectivity index (χ0n) is 11.5. The minimum absolute atomic E-state index is 0.109. The third-order valence-corrected chi connectivity index (χ3v) is 2.84. The van der Waals surface area contributed by atoms with Crippen LogP contribution in [0.5, 0.6) is 0 Å². The Morgan fingerprint density at radius 3 is 2.70 bits per heavy atom. The number of carbonyl (C=O) groups excluding carboxylic acids is 2. The molecule has 0 aliphatic rings. The normalized spacial score (nSPS) is 9.95. The summed E-state index contributed by atoms with van der Waals surface area (Å²) < 4.78 is 4.95. The van der Waals surface area contributed by atoms with E-state index in [1.165, 1.54) is 12.1 Å². The molecule has 110 valence electrons. The van der Waals surface area contributed by atoms with E-state index in [4.69, 9.17) is 22.1 Å². The molecule has 7 heteroatoms. The van der Waals surface area contributed by atoms with E-state index in [-0.39, 0.29) is 24.5 Å². The highest BCUT2D eigenvalue weighted by atomic mass is 35.5. The first-order chi connectivity index (χ1) is 9.49. The molecule has 0 aliphatic carbocycles. The molecule has 0 heterocycles. The number of amides is 1. The summed E-state index contributed by atoms with van der Waals surface area (Å²) in [6.45, 7) is 2.31. The molecule has 0 fully saturated rings. The molecule has 1 rings (SSSR count). The monoisotopic (exact) mass is 299 g/mol. The lowest BCUT2D eigenvalue weighted by atomic mass is 10.1. The second-order valence-corrected chi connectivity index (χ2v) is 4.40. The third kappa shape index (κ3) is 4.31. The van der Waals surface area contributed by atoms with Gasteiger partial charge in [0.1, 0.15) is 0 Å². The maximum atomic E-state index is 11.9. The van der Waals surface area contributed by atoms with Gasteiger partial charge in [0.15, 0.2) is 0 Å². The summed E-state index contributed by atoms with van der Waals surface area (Å²) in [5.74, 6) is -0.620. The van der Waals surface area contributed by atoms with Gasteiger partial charge in [0.25, 0.3) is 0 Å². The quantitative estimate of drug-likeness (QED) is 0.548. The van der Waals surface area contributed by atoms with Gasteiger partial charge in [0, 0.05) is 25.7 Å². The summed E-state index contributed by atoms with van der Waals surface area (Å²) in [6.07, 6.45) is 0.263. The van der Waals surface area contributed by atoms with E-state index in [0.29, 0.717) is 22.9 Å². The fourth-order valence-corrected chi connectivity index (χ4v) is 1.90. The van der Waals surface area contributed by atoms with Crippen LogP contribution in [0.25, 0.3) is 0 Å². The molecule has 0 saturated carbocycles. The summed E-state index contributed by atoms with van der Waals surface area (Å²) >= 11 is 6.08. The lowest BCUT2D eigenvalue weighted by Crippen LogP contribution is -2.21. The predicted octanol–water partition coefficient (Wildman–Crippen LogP) is 1.65. The fraction of sp³-hybridized carbons (Fsp3) is 0.385. The molecule has 1 aromatic carbocycles. The molecule has 0 aliphatic heterocycles. The highest BCUT2D eigenvalue weighted by Crippen LogP contribution is 2.29. The van der Waals surface area contributed by atoms with Crippen LogP contribution in [-0.4, -0.2) is 32.1 Å². The van der Waals surface area contributed by atoms with Crippen LogP contribution in [0.1, 0.15) is 23.7 Å². The van der Waals surface area contributed by atoms with E-state index in [1.54, 1.807) is 14.0 Å². The maximum Gasteiger partial charge on any atom is 0.340 e. The standard InChI is InChI=1S/C13H18ClN3O3/c1-3-20-13(19)9-6-8(15)7-10(14)12(9)17-5-4-11(18)16-2/h6-7,17H,3-5,15H2,1-2H3,(H,16,18). The van der Waals surface area contributed by atoms with Crippen molar-refractivity contribution in [3.8, 4) is 0 Å². The Morgan fingerprint density at radius 1 is 1.40 bits per heavy atom. The Bertz CT molecular complexity index is 506. The van der Waals surface area contributed by atoms with E-state index in [2.05, 4.69) is 10.6 Å². The highest BCUT2D eigenvalue weighted by molar-refractivity contribution is 6.34. The Balaban J connectivity index is 2.92. The van der Waals surface area contributed by atoms with Gasteiger partial charge >= 0.3 is 5.97 Å². The van der Waals surface area contributed by atoms with Gasteiger partial charge in [-0.15, -0.1) is 0 Å². The molecule has 0 aromatic heterocycles. The van der Waals surface area contributed by atoms with Crippen LogP contribution in [0.4, 0.5) is 11.4 Å². The van der Waals surface area contributed by atoms with Gasteiger partial charge in [-0.25, -0.2) is 4.79 Å². The van der Waals surface area contributed by atoms with Gasteiger partial charge < -0.3 is 21.1 Å². The number of esters is 1. The molecule has 1 amide bonds. The van der Waals surface area contributed by atoms with Crippen LogP contribution in [0.2, 0.25) is 5.02 Å². The van der Waals surface area contributed by atoms with E-state index in [0.717, 1.165) is 0 Å². The van der Waals surface area contributed by atoms with Gasteiger partial charge in [-0.1, -0.05) is 11.6 Å². The van der Waals surface area contributed by atoms with Crippen LogP contribution >= 0.6 is 11.6 Å². The number of benzene rings is 1. The Labute approximate surface area is 122 Å². The second kappa shape index (κ2) is 7.59. The van der Waals surface area contributed by atoms with Crippen molar-refractivity contribution in [1.82, 2.24) is 5.32 Å². The summed E-state index contributed by atoms with van der Waals surface area (Å²) in [7, 11) is 1.56. The summed E-state index contributed by atoms with van der Waals surface area (Å²) in [6, 6.07) is 3.03. The van der Waals surface area contributed by atoms with E-state index >= 15 is 0 Å². The first kappa shape index (κ1) is 16.1. The number of carbonyl (C=O) groups is 2. The zero-order chi connectivity index (χ0) is 15.1. The van der Waals surface area contributed by atoms with Gasteiger partial charge in [0.2, 0.25) is 5.91 Å². The van der Waals surface area contributed by atoms with Gasteiger partial charge in [0.05, 0.1) is 22.9 Å². The SMILES string of the molecule is CCOC(=O)c1cc(N)cc(Cl)c1NCCC(=O)NC. The molecular formula is C13H18ClN3O3. The minimum atomic E-state index is -0.510. The van der Waals surface area contributed by atoms with Crippen molar-refractivity contribution in [2.75, 3.05) is 31.2 Å². The maximum absolute atomic E-state index is 11.9. The number of nitrogens with two attached hydrogens (primary N) is 1. The lowest BCUT2D eigenvalue weighted by molar-refractivity contribution is -0.120. The molecular weight excluding hydrogens is 282 g/mol. The largest absolute Gasteiger partial charge is 0.462 e.